The molecule has 0 fully saturated rings. The Balaban J connectivity index is 2.16. The van der Waals surface area contributed by atoms with Crippen LogP contribution in [0.5, 0.6) is 5.75 Å². The summed E-state index contributed by atoms with van der Waals surface area (Å²) in [7, 11) is 1.42. The minimum Gasteiger partial charge on any atom is -0.480 e. The lowest BCUT2D eigenvalue weighted by molar-refractivity contribution is -0.140. The van der Waals surface area contributed by atoms with Crippen LogP contribution in [0.4, 0.5) is 19.1 Å². The number of carbonyl (C=O) groups excluding carboxylic acids is 1. The van der Waals surface area contributed by atoms with Gasteiger partial charge < -0.3 is 4.74 Å². The fourth-order valence-electron chi connectivity index (χ4n) is 1.78. The van der Waals surface area contributed by atoms with E-state index in [2.05, 4.69) is 15.2 Å². The van der Waals surface area contributed by atoms with E-state index in [0.29, 0.717) is 0 Å². The Hall–Kier alpha value is -2.58. The van der Waals surface area contributed by atoms with Gasteiger partial charge in [0.2, 0.25) is 5.95 Å². The Labute approximate surface area is 123 Å². The molecule has 1 atom stereocenters. The van der Waals surface area contributed by atoms with Gasteiger partial charge in [-0.1, -0.05) is 12.1 Å². The summed E-state index contributed by atoms with van der Waals surface area (Å²) in [4.78, 5) is 17.0. The van der Waals surface area contributed by atoms with Crippen LogP contribution in [0, 0.1) is 0 Å². The number of hydrogen-bond donors (Lipinski definition) is 1. The van der Waals surface area contributed by atoms with Gasteiger partial charge in [0, 0.05) is 7.05 Å². The Kier molecular flexibility index (Phi) is 4.34. The summed E-state index contributed by atoms with van der Waals surface area (Å²) in [5, 5.41) is 6.08. The third-order valence-electron chi connectivity index (χ3n) is 2.89. The highest BCUT2D eigenvalue weighted by atomic mass is 19.4. The number of carbonyl (C=O) groups is 1. The number of H-pyrrole nitrogens is 1. The van der Waals surface area contributed by atoms with Gasteiger partial charge in [-0.3, -0.25) is 9.69 Å². The minimum atomic E-state index is -4.56. The van der Waals surface area contributed by atoms with Gasteiger partial charge in [-0.2, -0.15) is 23.3 Å². The first kappa shape index (κ1) is 15.8. The molecule has 1 heterocycles. The average Bonchev–Trinajstić information content (AvgIpc) is 2.99. The number of rotatable bonds is 4. The first-order chi connectivity index (χ1) is 10.3. The van der Waals surface area contributed by atoms with E-state index in [4.69, 9.17) is 4.74 Å². The maximum absolute atomic E-state index is 12.9. The molecular formula is C13H13F3N4O2. The number of benzene rings is 1. The van der Waals surface area contributed by atoms with Crippen LogP contribution in [-0.4, -0.2) is 34.2 Å². The fourth-order valence-corrected chi connectivity index (χ4v) is 1.78. The molecule has 1 aromatic carbocycles. The number of amides is 1. The number of aromatic nitrogens is 3. The topological polar surface area (TPSA) is 71.1 Å². The van der Waals surface area contributed by atoms with Gasteiger partial charge in [-0.15, -0.1) is 0 Å². The van der Waals surface area contributed by atoms with E-state index in [1.807, 2.05) is 0 Å². The van der Waals surface area contributed by atoms with Crippen molar-refractivity contribution < 1.29 is 22.7 Å². The van der Waals surface area contributed by atoms with Gasteiger partial charge in [0.25, 0.3) is 5.91 Å². The number of anilines is 1. The normalized spacial score (nSPS) is 12.8. The van der Waals surface area contributed by atoms with Crippen molar-refractivity contribution in [3.63, 3.8) is 0 Å². The SMILES string of the molecule is CC(Oc1ccccc1C(F)(F)F)C(=O)N(C)c1ncn[nH]1. The predicted octanol–water partition coefficient (Wildman–Crippen LogP) is 2.25. The van der Waals surface area contributed by atoms with Crippen LogP contribution in [0.15, 0.2) is 30.6 Å². The standard InChI is InChI=1S/C13H13F3N4O2/c1-8(11(21)20(2)12-17-7-18-19-12)22-10-6-4-3-5-9(10)13(14,15)16/h3-8H,1-2H3,(H,17,18,19). The molecule has 0 saturated heterocycles. The molecule has 1 amide bonds. The molecule has 0 spiro atoms. The van der Waals surface area contributed by atoms with E-state index >= 15 is 0 Å². The number of alkyl halides is 3. The Bertz CT molecular complexity index is 643. The van der Waals surface area contributed by atoms with Crippen LogP contribution >= 0.6 is 0 Å². The molecule has 22 heavy (non-hydrogen) atoms. The van der Waals surface area contributed by atoms with Crippen LogP contribution in [0.1, 0.15) is 12.5 Å². The number of likely N-dealkylation sites (N-methyl/N-ethyl adjacent to an activating group) is 1. The third-order valence-corrected chi connectivity index (χ3v) is 2.89. The van der Waals surface area contributed by atoms with E-state index in [9.17, 15) is 18.0 Å². The molecule has 118 valence electrons. The molecular weight excluding hydrogens is 301 g/mol. The first-order valence-electron chi connectivity index (χ1n) is 6.26. The quantitative estimate of drug-likeness (QED) is 0.939. The van der Waals surface area contributed by atoms with E-state index in [1.165, 1.54) is 38.5 Å². The number of halogens is 3. The largest absolute Gasteiger partial charge is 0.480 e. The number of hydrogen-bond acceptors (Lipinski definition) is 4. The van der Waals surface area contributed by atoms with Gasteiger partial charge >= 0.3 is 6.18 Å². The highest BCUT2D eigenvalue weighted by molar-refractivity contribution is 5.94. The molecule has 0 radical (unpaired) electrons. The maximum atomic E-state index is 12.9. The molecule has 1 unspecified atom stereocenters. The lowest BCUT2D eigenvalue weighted by Crippen LogP contribution is -2.38. The van der Waals surface area contributed by atoms with E-state index in [1.54, 1.807) is 0 Å². The molecule has 9 heteroatoms. The molecule has 0 bridgehead atoms. The van der Waals surface area contributed by atoms with Gasteiger partial charge in [0.15, 0.2) is 6.10 Å². The second-order valence-corrected chi connectivity index (χ2v) is 4.46. The Morgan fingerprint density at radius 3 is 2.64 bits per heavy atom. The van der Waals surface area contributed by atoms with Crippen LogP contribution in [-0.2, 0) is 11.0 Å². The molecule has 2 rings (SSSR count). The predicted molar refractivity (Wildman–Crippen MR) is 71.3 cm³/mol. The molecule has 2 aromatic rings. The second-order valence-electron chi connectivity index (χ2n) is 4.46. The van der Waals surface area contributed by atoms with Crippen molar-refractivity contribution in [2.24, 2.45) is 0 Å². The maximum Gasteiger partial charge on any atom is 0.419 e. The van der Waals surface area contributed by atoms with Crippen LogP contribution in [0.2, 0.25) is 0 Å². The lowest BCUT2D eigenvalue weighted by Gasteiger charge is -2.21. The summed E-state index contributed by atoms with van der Waals surface area (Å²) in [6.45, 7) is 1.36. The van der Waals surface area contributed by atoms with Crippen molar-refractivity contribution in [2.45, 2.75) is 19.2 Å². The van der Waals surface area contributed by atoms with Crippen molar-refractivity contribution in [3.8, 4) is 5.75 Å². The molecule has 0 aliphatic heterocycles. The molecule has 0 aliphatic rings. The van der Waals surface area contributed by atoms with Crippen molar-refractivity contribution in [3.05, 3.63) is 36.2 Å². The zero-order chi connectivity index (χ0) is 16.3. The summed E-state index contributed by atoms with van der Waals surface area (Å²) in [5.41, 5.74) is -0.933. The fraction of sp³-hybridized carbons (Fsp3) is 0.308. The highest BCUT2D eigenvalue weighted by Crippen LogP contribution is 2.36. The smallest absolute Gasteiger partial charge is 0.419 e. The van der Waals surface area contributed by atoms with E-state index < -0.39 is 29.5 Å². The van der Waals surface area contributed by atoms with Crippen LogP contribution in [0.25, 0.3) is 0 Å². The third kappa shape index (κ3) is 3.35. The van der Waals surface area contributed by atoms with Crippen molar-refractivity contribution in [2.75, 3.05) is 11.9 Å². The zero-order valence-electron chi connectivity index (χ0n) is 11.8. The zero-order valence-corrected chi connectivity index (χ0v) is 11.8. The highest BCUT2D eigenvalue weighted by Gasteiger charge is 2.35. The second kappa shape index (κ2) is 6.04. The number of ether oxygens (including phenoxy) is 1. The summed E-state index contributed by atoms with van der Waals surface area (Å²) in [6, 6.07) is 4.72. The van der Waals surface area contributed by atoms with Crippen LogP contribution < -0.4 is 9.64 Å². The number of nitrogens with one attached hydrogen (secondary N) is 1. The van der Waals surface area contributed by atoms with Gasteiger partial charge in [0.1, 0.15) is 12.1 Å². The summed E-state index contributed by atoms with van der Waals surface area (Å²) >= 11 is 0. The Morgan fingerprint density at radius 1 is 1.36 bits per heavy atom. The minimum absolute atomic E-state index is 0.171. The Morgan fingerprint density at radius 2 is 2.05 bits per heavy atom. The van der Waals surface area contributed by atoms with Crippen molar-refractivity contribution in [1.29, 1.82) is 0 Å². The van der Waals surface area contributed by atoms with Crippen LogP contribution in [0.3, 0.4) is 0 Å². The van der Waals surface area contributed by atoms with E-state index in [-0.39, 0.29) is 5.95 Å². The molecule has 0 saturated carbocycles. The van der Waals surface area contributed by atoms with Gasteiger partial charge in [0.05, 0.1) is 5.56 Å². The summed E-state index contributed by atoms with van der Waals surface area (Å²) in [5.74, 6) is -0.792. The number of aromatic amines is 1. The molecule has 1 aromatic heterocycles. The van der Waals surface area contributed by atoms with Gasteiger partial charge in [-0.05, 0) is 19.1 Å². The molecule has 1 N–H and O–H groups in total. The number of para-hydroxylation sites is 1. The number of nitrogens with zero attached hydrogens (tertiary/aromatic N) is 3. The summed E-state index contributed by atoms with van der Waals surface area (Å²) in [6.07, 6.45) is -4.47. The monoisotopic (exact) mass is 314 g/mol. The van der Waals surface area contributed by atoms with E-state index in [0.717, 1.165) is 11.0 Å². The molecule has 0 aliphatic carbocycles. The molecule has 6 nitrogen and oxygen atoms in total. The summed E-state index contributed by atoms with van der Waals surface area (Å²) < 4.78 is 43.8. The lowest BCUT2D eigenvalue weighted by atomic mass is 10.2. The van der Waals surface area contributed by atoms with Gasteiger partial charge in [-0.25, -0.2) is 5.10 Å². The first-order valence-corrected chi connectivity index (χ1v) is 6.26. The van der Waals surface area contributed by atoms with Crippen molar-refractivity contribution in [1.82, 2.24) is 15.2 Å². The average molecular weight is 314 g/mol. The van der Waals surface area contributed by atoms with Crippen molar-refractivity contribution >= 4 is 11.9 Å².